The van der Waals surface area contributed by atoms with Crippen molar-refractivity contribution in [3.05, 3.63) is 46.0 Å². The van der Waals surface area contributed by atoms with Gasteiger partial charge in [0, 0.05) is 39.6 Å². The number of halogens is 1. The minimum absolute atomic E-state index is 0.0532. The number of hydrogen-bond donors (Lipinski definition) is 4. The number of nitrogens with zero attached hydrogens (tertiary/aromatic N) is 1. The molecule has 8 atom stereocenters. The molecule has 9 heteroatoms. The van der Waals surface area contributed by atoms with E-state index in [1.165, 1.54) is 0 Å². The van der Waals surface area contributed by atoms with E-state index in [2.05, 4.69) is 33.4 Å². The molecule has 4 N–H and O–H groups in total. The molecule has 1 aromatic rings. The third-order valence-electron chi connectivity index (χ3n) is 11.2. The lowest BCUT2D eigenvalue weighted by atomic mass is 9.41. The maximum Gasteiger partial charge on any atom is 0.331 e. The lowest BCUT2D eigenvalue weighted by molar-refractivity contribution is -0.237. The molecule has 1 aliphatic heterocycles. The third kappa shape index (κ3) is 4.06. The second-order valence-corrected chi connectivity index (χ2v) is 13.6. The number of aliphatic hydroxyl groups excluding tert-OH is 1. The first-order valence-electron chi connectivity index (χ1n) is 14.1. The summed E-state index contributed by atoms with van der Waals surface area (Å²) in [5, 5.41) is 39.6. The standard InChI is InChI=1S/C30H37BrN2O6/c1-27-9-6-23-24(30(27,38)12-8-22(27)19-14-25(35)39-16-19)7-11-29(37)15-21(34)5-10-28(23,29)17-32-33-26(36)18-3-2-4-20(31)13-18/h2-4,13-14,17,21-24,34,37-38H,5-12,15-16H2,1H3,(H,33,36)/b32-17-/t21-,22-,23+,24-,27-,28+,29+,30-/m1/s1. The summed E-state index contributed by atoms with van der Waals surface area (Å²) in [6.45, 7) is 2.46. The number of cyclic esters (lactones) is 1. The number of carbonyl (C=O) groups excluding carboxylic acids is 2. The molecule has 0 radical (unpaired) electrons. The molecule has 1 aromatic carbocycles. The topological polar surface area (TPSA) is 128 Å². The molecule has 0 aromatic heterocycles. The number of esters is 1. The van der Waals surface area contributed by atoms with Crippen LogP contribution in [0.25, 0.3) is 0 Å². The highest BCUT2D eigenvalue weighted by atomic mass is 79.9. The molecule has 4 fully saturated rings. The third-order valence-corrected chi connectivity index (χ3v) is 11.7. The van der Waals surface area contributed by atoms with Crippen LogP contribution in [0, 0.1) is 28.6 Å². The Balaban J connectivity index is 1.32. The van der Waals surface area contributed by atoms with Gasteiger partial charge >= 0.3 is 5.97 Å². The second kappa shape index (κ2) is 9.50. The fourth-order valence-corrected chi connectivity index (χ4v) is 9.66. The quantitative estimate of drug-likeness (QED) is 0.236. The molecule has 0 saturated heterocycles. The van der Waals surface area contributed by atoms with E-state index < -0.39 is 28.1 Å². The van der Waals surface area contributed by atoms with Crippen LogP contribution in [0.5, 0.6) is 0 Å². The second-order valence-electron chi connectivity index (χ2n) is 12.7. The maximum atomic E-state index is 12.8. The zero-order chi connectivity index (χ0) is 27.6. The fourth-order valence-electron chi connectivity index (χ4n) is 9.26. The largest absolute Gasteiger partial charge is 0.458 e. The van der Waals surface area contributed by atoms with Crippen molar-refractivity contribution in [2.24, 2.45) is 33.7 Å². The minimum atomic E-state index is -1.17. The first kappa shape index (κ1) is 27.1. The first-order chi connectivity index (χ1) is 18.5. The van der Waals surface area contributed by atoms with Crippen LogP contribution in [0.2, 0.25) is 0 Å². The zero-order valence-corrected chi connectivity index (χ0v) is 23.8. The first-order valence-corrected chi connectivity index (χ1v) is 14.9. The number of benzene rings is 1. The van der Waals surface area contributed by atoms with E-state index in [4.69, 9.17) is 4.74 Å². The lowest BCUT2D eigenvalue weighted by Gasteiger charge is -2.65. The Bertz CT molecular complexity index is 1250. The number of ether oxygens (including phenoxy) is 1. The Morgan fingerprint density at radius 1 is 1.13 bits per heavy atom. The van der Waals surface area contributed by atoms with Gasteiger partial charge in [-0.1, -0.05) is 28.9 Å². The van der Waals surface area contributed by atoms with E-state index in [-0.39, 0.29) is 36.1 Å². The van der Waals surface area contributed by atoms with Crippen LogP contribution in [0.1, 0.15) is 75.1 Å². The van der Waals surface area contributed by atoms with Gasteiger partial charge in [-0.2, -0.15) is 5.10 Å². The molecule has 8 nitrogen and oxygen atoms in total. The summed E-state index contributed by atoms with van der Waals surface area (Å²) in [5.41, 5.74) is 0.808. The molecule has 0 bridgehead atoms. The van der Waals surface area contributed by atoms with Crippen molar-refractivity contribution in [3.8, 4) is 0 Å². The van der Waals surface area contributed by atoms with Gasteiger partial charge in [-0.3, -0.25) is 4.79 Å². The van der Waals surface area contributed by atoms with E-state index in [1.54, 1.807) is 30.5 Å². The number of hydrogen-bond acceptors (Lipinski definition) is 7. The van der Waals surface area contributed by atoms with Crippen LogP contribution < -0.4 is 5.43 Å². The molecule has 6 rings (SSSR count). The highest BCUT2D eigenvalue weighted by Gasteiger charge is 2.71. The molecule has 0 unspecified atom stereocenters. The predicted molar refractivity (Wildman–Crippen MR) is 148 cm³/mol. The highest BCUT2D eigenvalue weighted by molar-refractivity contribution is 9.10. The highest BCUT2D eigenvalue weighted by Crippen LogP contribution is 2.70. The van der Waals surface area contributed by atoms with Crippen LogP contribution in [0.3, 0.4) is 0 Å². The summed E-state index contributed by atoms with van der Waals surface area (Å²) in [5.74, 6) is -0.685. The van der Waals surface area contributed by atoms with Gasteiger partial charge in [-0.25, -0.2) is 10.2 Å². The summed E-state index contributed by atoms with van der Waals surface area (Å²) >= 11 is 3.39. The Kier molecular flexibility index (Phi) is 6.61. The molecule has 5 aliphatic rings. The molecule has 210 valence electrons. The van der Waals surface area contributed by atoms with Crippen LogP contribution in [-0.4, -0.2) is 57.3 Å². The molecule has 0 spiro atoms. The van der Waals surface area contributed by atoms with Gasteiger partial charge in [-0.05, 0) is 92.9 Å². The molecular weight excluding hydrogens is 564 g/mol. The van der Waals surface area contributed by atoms with E-state index in [1.807, 2.05) is 6.07 Å². The summed E-state index contributed by atoms with van der Waals surface area (Å²) < 4.78 is 6.02. The smallest absolute Gasteiger partial charge is 0.331 e. The normalized spacial score (nSPS) is 43.3. The molecule has 4 saturated carbocycles. The van der Waals surface area contributed by atoms with Gasteiger partial charge in [0.05, 0.1) is 17.3 Å². The van der Waals surface area contributed by atoms with Gasteiger partial charge in [0.1, 0.15) is 6.61 Å². The zero-order valence-electron chi connectivity index (χ0n) is 22.2. The summed E-state index contributed by atoms with van der Waals surface area (Å²) in [7, 11) is 0. The van der Waals surface area contributed by atoms with Crippen molar-refractivity contribution < 1.29 is 29.6 Å². The number of amides is 1. The van der Waals surface area contributed by atoms with Gasteiger partial charge in [-0.15, -0.1) is 0 Å². The monoisotopic (exact) mass is 600 g/mol. The summed E-state index contributed by atoms with van der Waals surface area (Å²) in [6.07, 6.45) is 8.13. The van der Waals surface area contributed by atoms with Gasteiger partial charge < -0.3 is 20.1 Å². The number of hydrazone groups is 1. The van der Waals surface area contributed by atoms with Gasteiger partial charge in [0.15, 0.2) is 0 Å². The Hall–Kier alpha value is -2.07. The number of nitrogens with one attached hydrogen (secondary N) is 1. The summed E-state index contributed by atoms with van der Waals surface area (Å²) in [4.78, 5) is 24.7. The van der Waals surface area contributed by atoms with E-state index in [9.17, 15) is 24.9 Å². The molecular formula is C30H37BrN2O6. The average Bonchev–Trinajstić information content (AvgIpc) is 3.43. The predicted octanol–water partition coefficient (Wildman–Crippen LogP) is 3.88. The van der Waals surface area contributed by atoms with Gasteiger partial charge in [0.2, 0.25) is 0 Å². The Morgan fingerprint density at radius 3 is 2.67 bits per heavy atom. The van der Waals surface area contributed by atoms with Crippen LogP contribution >= 0.6 is 15.9 Å². The summed E-state index contributed by atoms with van der Waals surface area (Å²) in [6, 6.07) is 7.06. The van der Waals surface area contributed by atoms with E-state index in [0.29, 0.717) is 44.3 Å². The van der Waals surface area contributed by atoms with Crippen LogP contribution in [0.4, 0.5) is 0 Å². The number of aliphatic hydroxyl groups is 3. The van der Waals surface area contributed by atoms with Crippen molar-refractivity contribution in [2.45, 2.75) is 82.0 Å². The number of fused-ring (bicyclic) bond motifs is 5. The molecule has 1 amide bonds. The molecule has 39 heavy (non-hydrogen) atoms. The van der Waals surface area contributed by atoms with Crippen molar-refractivity contribution in [2.75, 3.05) is 6.61 Å². The van der Waals surface area contributed by atoms with E-state index in [0.717, 1.165) is 29.3 Å². The van der Waals surface area contributed by atoms with Crippen molar-refractivity contribution in [1.82, 2.24) is 5.43 Å². The van der Waals surface area contributed by atoms with Crippen molar-refractivity contribution in [1.29, 1.82) is 0 Å². The van der Waals surface area contributed by atoms with Crippen molar-refractivity contribution >= 4 is 34.0 Å². The van der Waals surface area contributed by atoms with Crippen LogP contribution in [-0.2, 0) is 9.53 Å². The maximum absolute atomic E-state index is 12.8. The van der Waals surface area contributed by atoms with Gasteiger partial charge in [0.25, 0.3) is 5.91 Å². The van der Waals surface area contributed by atoms with Crippen LogP contribution in [0.15, 0.2) is 45.5 Å². The minimum Gasteiger partial charge on any atom is -0.458 e. The van der Waals surface area contributed by atoms with E-state index >= 15 is 0 Å². The Labute approximate surface area is 237 Å². The number of rotatable bonds is 4. The average molecular weight is 602 g/mol. The SMILES string of the molecule is C[C@]12CC[C@H]3[C@@H](CC[C@]4(O)C[C@H](O)CC[C@]34/C=N\NC(=O)c3cccc(Br)c3)[C@]1(O)CC[C@@H]2C1=CC(=O)OC1. The van der Waals surface area contributed by atoms with Crippen molar-refractivity contribution in [3.63, 3.8) is 0 Å². The molecule has 4 aliphatic carbocycles. The Morgan fingerprint density at radius 2 is 1.92 bits per heavy atom. The fraction of sp³-hybridized carbons (Fsp3) is 0.633. The lowest BCUT2D eigenvalue weighted by Crippen LogP contribution is -2.68. The number of carbonyl (C=O) groups is 2. The molecule has 1 heterocycles.